The van der Waals surface area contributed by atoms with E-state index in [0.717, 1.165) is 12.8 Å². The van der Waals surface area contributed by atoms with Gasteiger partial charge in [-0.2, -0.15) is 0 Å². The molecule has 0 aliphatic heterocycles. The maximum absolute atomic E-state index is 12.1. The van der Waals surface area contributed by atoms with Crippen molar-refractivity contribution in [1.82, 2.24) is 14.8 Å². The molecule has 0 atom stereocenters. The van der Waals surface area contributed by atoms with E-state index in [1.54, 1.807) is 24.3 Å². The van der Waals surface area contributed by atoms with Crippen molar-refractivity contribution in [2.24, 2.45) is 0 Å². The van der Waals surface area contributed by atoms with Gasteiger partial charge in [-0.25, -0.2) is 0 Å². The fourth-order valence-corrected chi connectivity index (χ4v) is 3.02. The Hall–Kier alpha value is -2.35. The van der Waals surface area contributed by atoms with Gasteiger partial charge in [-0.3, -0.25) is 14.2 Å². The number of anilines is 2. The fraction of sp³-hybridized carbons (Fsp3) is 0.333. The molecule has 8 heteroatoms. The molecule has 1 aromatic carbocycles. The van der Waals surface area contributed by atoms with Gasteiger partial charge in [-0.15, -0.1) is 10.2 Å². The molecular formula is C15H17N5O2S. The minimum absolute atomic E-state index is 0.0384. The molecule has 1 saturated carbocycles. The first-order valence-electron chi connectivity index (χ1n) is 7.28. The normalized spacial score (nSPS) is 13.8. The molecule has 1 aromatic heterocycles. The smallest absolute Gasteiger partial charge is 0.234 e. The van der Waals surface area contributed by atoms with E-state index in [0.29, 0.717) is 28.4 Å². The molecule has 1 aliphatic carbocycles. The first kappa shape index (κ1) is 15.5. The maximum Gasteiger partial charge on any atom is 0.234 e. The number of carbonyl (C=O) groups excluding carboxylic acids is 2. The second-order valence-electron chi connectivity index (χ2n) is 5.42. The molecule has 1 heterocycles. The Morgan fingerprint density at radius 1 is 1.39 bits per heavy atom. The molecule has 0 saturated heterocycles. The molecule has 0 bridgehead atoms. The Morgan fingerprint density at radius 3 is 2.87 bits per heavy atom. The fourth-order valence-electron chi connectivity index (χ4n) is 2.21. The first-order valence-corrected chi connectivity index (χ1v) is 8.27. The summed E-state index contributed by atoms with van der Waals surface area (Å²) in [6, 6.07) is 7.23. The summed E-state index contributed by atoms with van der Waals surface area (Å²) in [6.07, 6.45) is 2.14. The molecule has 7 nitrogen and oxygen atoms in total. The van der Waals surface area contributed by atoms with Crippen LogP contribution in [0.5, 0.6) is 0 Å². The summed E-state index contributed by atoms with van der Waals surface area (Å²) in [5, 5.41) is 11.3. The second kappa shape index (κ2) is 6.41. The quantitative estimate of drug-likeness (QED) is 0.621. The van der Waals surface area contributed by atoms with Crippen molar-refractivity contribution in [3.63, 3.8) is 0 Å². The van der Waals surface area contributed by atoms with Gasteiger partial charge in [0.15, 0.2) is 10.9 Å². The largest absolute Gasteiger partial charge is 0.368 e. The van der Waals surface area contributed by atoms with Crippen LogP contribution < -0.4 is 11.1 Å². The number of amides is 1. The Balaban J connectivity index is 1.60. The number of thioether (sulfide) groups is 1. The zero-order valence-electron chi connectivity index (χ0n) is 12.7. The number of rotatable bonds is 6. The maximum atomic E-state index is 12.1. The number of benzene rings is 1. The van der Waals surface area contributed by atoms with Gasteiger partial charge in [0, 0.05) is 17.3 Å². The van der Waals surface area contributed by atoms with E-state index in [-0.39, 0.29) is 17.4 Å². The number of hydrogen-bond donors (Lipinski definition) is 2. The molecule has 3 rings (SSSR count). The van der Waals surface area contributed by atoms with Crippen molar-refractivity contribution in [3.05, 3.63) is 29.8 Å². The number of ketones is 1. The van der Waals surface area contributed by atoms with E-state index in [2.05, 4.69) is 15.5 Å². The molecule has 2 aromatic rings. The Bertz CT molecular complexity index is 754. The highest BCUT2D eigenvalue weighted by Gasteiger charge is 2.29. The summed E-state index contributed by atoms with van der Waals surface area (Å²) in [7, 11) is 0. The Kier molecular flexibility index (Phi) is 4.33. The van der Waals surface area contributed by atoms with E-state index in [1.807, 2.05) is 4.57 Å². The van der Waals surface area contributed by atoms with Crippen molar-refractivity contribution >= 4 is 35.1 Å². The summed E-state index contributed by atoms with van der Waals surface area (Å²) in [5.74, 6) is 0.391. The van der Waals surface area contributed by atoms with Crippen LogP contribution in [0.25, 0.3) is 0 Å². The molecule has 0 radical (unpaired) electrons. The monoisotopic (exact) mass is 331 g/mol. The molecular weight excluding hydrogens is 314 g/mol. The number of aromatic nitrogens is 3. The zero-order chi connectivity index (χ0) is 16.4. The molecule has 1 amide bonds. The Morgan fingerprint density at radius 2 is 2.17 bits per heavy atom. The molecule has 0 spiro atoms. The average Bonchev–Trinajstić information content (AvgIpc) is 3.28. The number of carbonyl (C=O) groups is 2. The van der Waals surface area contributed by atoms with Gasteiger partial charge in [0.05, 0.1) is 5.75 Å². The lowest BCUT2D eigenvalue weighted by Crippen LogP contribution is -2.15. The summed E-state index contributed by atoms with van der Waals surface area (Å²) < 4.78 is 1.88. The van der Waals surface area contributed by atoms with Crippen LogP contribution >= 0.6 is 11.8 Å². The zero-order valence-corrected chi connectivity index (χ0v) is 13.5. The van der Waals surface area contributed by atoms with Gasteiger partial charge in [0.1, 0.15) is 0 Å². The van der Waals surface area contributed by atoms with Crippen molar-refractivity contribution in [2.75, 3.05) is 16.8 Å². The molecule has 3 N–H and O–H groups in total. The van der Waals surface area contributed by atoms with Crippen molar-refractivity contribution < 1.29 is 9.59 Å². The van der Waals surface area contributed by atoms with Crippen molar-refractivity contribution in [2.45, 2.75) is 31.0 Å². The molecule has 1 aliphatic rings. The summed E-state index contributed by atoms with van der Waals surface area (Å²) in [4.78, 5) is 23.4. The van der Waals surface area contributed by atoms with Gasteiger partial charge in [-0.05, 0) is 31.9 Å². The van der Waals surface area contributed by atoms with Crippen molar-refractivity contribution in [1.29, 1.82) is 0 Å². The highest BCUT2D eigenvalue weighted by atomic mass is 32.2. The average molecular weight is 331 g/mol. The summed E-state index contributed by atoms with van der Waals surface area (Å²) >= 11 is 1.30. The summed E-state index contributed by atoms with van der Waals surface area (Å²) in [5.41, 5.74) is 6.97. The second-order valence-corrected chi connectivity index (χ2v) is 6.36. The first-order chi connectivity index (χ1) is 11.0. The van der Waals surface area contributed by atoms with Gasteiger partial charge in [-0.1, -0.05) is 23.9 Å². The molecule has 0 unspecified atom stereocenters. The third kappa shape index (κ3) is 3.70. The number of hydrogen-bond acceptors (Lipinski definition) is 6. The molecule has 120 valence electrons. The van der Waals surface area contributed by atoms with Crippen LogP contribution in [-0.4, -0.2) is 32.2 Å². The standard InChI is InChI=1S/C15H17N5O2S/c1-9(21)10-3-2-4-11(7-10)17-13(22)8-23-15-19-18-14(16)20(15)12-5-6-12/h2-4,7,12H,5-6,8H2,1H3,(H2,16,18)(H,17,22). The predicted octanol–water partition coefficient (Wildman–Crippen LogP) is 2.13. The van der Waals surface area contributed by atoms with E-state index in [1.165, 1.54) is 18.7 Å². The topological polar surface area (TPSA) is 103 Å². The van der Waals surface area contributed by atoms with Crippen LogP contribution in [0.1, 0.15) is 36.2 Å². The van der Waals surface area contributed by atoms with Gasteiger partial charge >= 0.3 is 0 Å². The van der Waals surface area contributed by atoms with Crippen molar-refractivity contribution in [3.8, 4) is 0 Å². The lowest BCUT2D eigenvalue weighted by molar-refractivity contribution is -0.113. The van der Waals surface area contributed by atoms with E-state index in [4.69, 9.17) is 5.73 Å². The van der Waals surface area contributed by atoms with Crippen LogP contribution in [0.2, 0.25) is 0 Å². The van der Waals surface area contributed by atoms with E-state index in [9.17, 15) is 9.59 Å². The lowest BCUT2D eigenvalue weighted by Gasteiger charge is -2.07. The van der Waals surface area contributed by atoms with E-state index >= 15 is 0 Å². The third-order valence-electron chi connectivity index (χ3n) is 3.49. The van der Waals surface area contributed by atoms with Crippen LogP contribution in [0.3, 0.4) is 0 Å². The number of nitrogens with one attached hydrogen (secondary N) is 1. The SMILES string of the molecule is CC(=O)c1cccc(NC(=O)CSc2nnc(N)n2C2CC2)c1. The number of nitrogens with zero attached hydrogens (tertiary/aromatic N) is 3. The number of nitrogen functional groups attached to an aromatic ring is 1. The lowest BCUT2D eigenvalue weighted by atomic mass is 10.1. The van der Waals surface area contributed by atoms with E-state index < -0.39 is 0 Å². The predicted molar refractivity (Wildman–Crippen MR) is 88.5 cm³/mol. The van der Waals surface area contributed by atoms with Gasteiger partial charge in [0.2, 0.25) is 11.9 Å². The highest BCUT2D eigenvalue weighted by molar-refractivity contribution is 7.99. The van der Waals surface area contributed by atoms with Gasteiger partial charge in [0.25, 0.3) is 0 Å². The van der Waals surface area contributed by atoms with Crippen LogP contribution in [0.15, 0.2) is 29.4 Å². The Labute approximate surface area is 137 Å². The third-order valence-corrected chi connectivity index (χ3v) is 4.43. The number of nitrogens with two attached hydrogens (primary N) is 1. The molecule has 1 fully saturated rings. The highest BCUT2D eigenvalue weighted by Crippen LogP contribution is 2.39. The van der Waals surface area contributed by atoms with Crippen LogP contribution in [0, 0.1) is 0 Å². The van der Waals surface area contributed by atoms with Gasteiger partial charge < -0.3 is 11.1 Å². The van der Waals surface area contributed by atoms with Crippen LogP contribution in [-0.2, 0) is 4.79 Å². The number of Topliss-reactive ketones (excluding diaryl/α,β-unsaturated/α-hetero) is 1. The molecule has 23 heavy (non-hydrogen) atoms. The summed E-state index contributed by atoms with van der Waals surface area (Å²) in [6.45, 7) is 1.49. The van der Waals surface area contributed by atoms with Crippen LogP contribution in [0.4, 0.5) is 11.6 Å². The minimum atomic E-state index is -0.167. The minimum Gasteiger partial charge on any atom is -0.368 e.